The molecular formula is C17H23NO. The fourth-order valence-corrected chi connectivity index (χ4v) is 3.00. The third kappa shape index (κ3) is 3.13. The second kappa shape index (κ2) is 6.16. The van der Waals surface area contributed by atoms with E-state index in [-0.39, 0.29) is 5.41 Å². The van der Waals surface area contributed by atoms with Crippen LogP contribution in [0, 0.1) is 5.41 Å². The predicted octanol–water partition coefficient (Wildman–Crippen LogP) is 3.43. The summed E-state index contributed by atoms with van der Waals surface area (Å²) < 4.78 is 0. The molecule has 1 aromatic carbocycles. The molecule has 0 aliphatic carbocycles. The highest BCUT2D eigenvalue weighted by molar-refractivity contribution is 5.86. The molecule has 1 aliphatic heterocycles. The highest BCUT2D eigenvalue weighted by Crippen LogP contribution is 2.34. The normalized spacial score (nSPS) is 24.4. The number of carbonyl (C=O) groups is 1. The molecule has 2 rings (SSSR count). The van der Waals surface area contributed by atoms with Crippen molar-refractivity contribution in [3.8, 4) is 0 Å². The molecule has 0 amide bonds. The van der Waals surface area contributed by atoms with Crippen LogP contribution in [0.2, 0.25) is 0 Å². The number of benzene rings is 1. The van der Waals surface area contributed by atoms with Crippen LogP contribution in [-0.4, -0.2) is 23.8 Å². The van der Waals surface area contributed by atoms with Gasteiger partial charge in [-0.2, -0.15) is 0 Å². The maximum atomic E-state index is 12.3. The smallest absolute Gasteiger partial charge is 0.141 e. The molecule has 0 unspecified atom stereocenters. The molecular weight excluding hydrogens is 234 g/mol. The van der Waals surface area contributed by atoms with E-state index in [1.165, 1.54) is 5.56 Å². The Balaban J connectivity index is 2.08. The summed E-state index contributed by atoms with van der Waals surface area (Å²) in [5.74, 6) is 0.416. The van der Waals surface area contributed by atoms with Crippen molar-refractivity contribution in [3.05, 3.63) is 48.6 Å². The summed E-state index contributed by atoms with van der Waals surface area (Å²) in [4.78, 5) is 14.7. The molecule has 1 saturated heterocycles. The summed E-state index contributed by atoms with van der Waals surface area (Å²) in [5.41, 5.74) is 1.12. The molecule has 1 aromatic rings. The van der Waals surface area contributed by atoms with Crippen molar-refractivity contribution in [1.29, 1.82) is 0 Å². The SMILES string of the molecule is C=CC[C@]1(CC)CN(Cc2ccccc2)CCC1=O. The number of nitrogens with zero attached hydrogens (tertiary/aromatic N) is 1. The summed E-state index contributed by atoms with van der Waals surface area (Å²) >= 11 is 0. The van der Waals surface area contributed by atoms with Gasteiger partial charge in [0.25, 0.3) is 0 Å². The van der Waals surface area contributed by atoms with Gasteiger partial charge in [-0.25, -0.2) is 0 Å². The van der Waals surface area contributed by atoms with Gasteiger partial charge in [0.2, 0.25) is 0 Å². The van der Waals surface area contributed by atoms with Gasteiger partial charge in [-0.3, -0.25) is 9.69 Å². The molecule has 1 fully saturated rings. The van der Waals surface area contributed by atoms with Crippen LogP contribution in [-0.2, 0) is 11.3 Å². The zero-order valence-electron chi connectivity index (χ0n) is 11.8. The third-order valence-electron chi connectivity index (χ3n) is 4.23. The minimum atomic E-state index is -0.200. The van der Waals surface area contributed by atoms with Gasteiger partial charge in [-0.05, 0) is 18.4 Å². The molecule has 1 atom stereocenters. The fourth-order valence-electron chi connectivity index (χ4n) is 3.00. The lowest BCUT2D eigenvalue weighted by atomic mass is 9.74. The number of rotatable bonds is 5. The zero-order valence-corrected chi connectivity index (χ0v) is 11.8. The summed E-state index contributed by atoms with van der Waals surface area (Å²) in [6.45, 7) is 8.62. The summed E-state index contributed by atoms with van der Waals surface area (Å²) in [6, 6.07) is 10.5. The van der Waals surface area contributed by atoms with Gasteiger partial charge >= 0.3 is 0 Å². The van der Waals surface area contributed by atoms with Gasteiger partial charge in [0.05, 0.1) is 0 Å². The number of allylic oxidation sites excluding steroid dienone is 1. The lowest BCUT2D eigenvalue weighted by Gasteiger charge is -2.40. The lowest BCUT2D eigenvalue weighted by Crippen LogP contribution is -2.48. The molecule has 0 N–H and O–H groups in total. The van der Waals surface area contributed by atoms with Crippen molar-refractivity contribution in [2.24, 2.45) is 5.41 Å². The maximum Gasteiger partial charge on any atom is 0.141 e. The van der Waals surface area contributed by atoms with E-state index in [9.17, 15) is 4.79 Å². The predicted molar refractivity (Wildman–Crippen MR) is 78.9 cm³/mol. The fraction of sp³-hybridized carbons (Fsp3) is 0.471. The average Bonchev–Trinajstić information content (AvgIpc) is 2.44. The van der Waals surface area contributed by atoms with Crippen LogP contribution in [0.5, 0.6) is 0 Å². The van der Waals surface area contributed by atoms with E-state index < -0.39 is 0 Å². The lowest BCUT2D eigenvalue weighted by molar-refractivity contribution is -0.134. The Morgan fingerprint density at radius 1 is 1.37 bits per heavy atom. The Kier molecular flexibility index (Phi) is 4.54. The maximum absolute atomic E-state index is 12.3. The molecule has 1 aliphatic rings. The second-order valence-electron chi connectivity index (χ2n) is 5.50. The molecule has 0 saturated carbocycles. The Hall–Kier alpha value is -1.41. The van der Waals surface area contributed by atoms with Gasteiger partial charge in [0, 0.05) is 31.5 Å². The molecule has 0 bridgehead atoms. The Morgan fingerprint density at radius 2 is 2.11 bits per heavy atom. The van der Waals surface area contributed by atoms with Crippen molar-refractivity contribution in [2.75, 3.05) is 13.1 Å². The third-order valence-corrected chi connectivity index (χ3v) is 4.23. The van der Waals surface area contributed by atoms with Crippen LogP contribution in [0.15, 0.2) is 43.0 Å². The molecule has 0 aromatic heterocycles. The molecule has 0 spiro atoms. The zero-order chi connectivity index (χ0) is 13.7. The first-order chi connectivity index (χ1) is 9.20. The average molecular weight is 257 g/mol. The molecule has 1 heterocycles. The van der Waals surface area contributed by atoms with Gasteiger partial charge < -0.3 is 0 Å². The number of likely N-dealkylation sites (tertiary alicyclic amines) is 1. The van der Waals surface area contributed by atoms with Crippen LogP contribution in [0.1, 0.15) is 31.7 Å². The largest absolute Gasteiger partial charge is 0.299 e. The molecule has 19 heavy (non-hydrogen) atoms. The van der Waals surface area contributed by atoms with Gasteiger partial charge in [0.1, 0.15) is 5.78 Å². The molecule has 2 heteroatoms. The Bertz CT molecular complexity index is 440. The molecule has 102 valence electrons. The Labute approximate surface area is 116 Å². The van der Waals surface area contributed by atoms with Crippen LogP contribution in [0.4, 0.5) is 0 Å². The van der Waals surface area contributed by atoms with Crippen LogP contribution in [0.25, 0.3) is 0 Å². The quantitative estimate of drug-likeness (QED) is 0.753. The standard InChI is InChI=1S/C17H23NO/c1-3-11-17(4-2)14-18(12-10-16(17)19)13-15-8-6-5-7-9-15/h3,5-9H,1,4,10-14H2,2H3/t17-/m1/s1. The summed E-state index contributed by atoms with van der Waals surface area (Å²) in [5, 5.41) is 0. The molecule has 2 nitrogen and oxygen atoms in total. The number of hydrogen-bond acceptors (Lipinski definition) is 2. The topological polar surface area (TPSA) is 20.3 Å². The molecule has 0 radical (unpaired) electrons. The van der Waals surface area contributed by atoms with E-state index in [4.69, 9.17) is 0 Å². The first-order valence-corrected chi connectivity index (χ1v) is 7.10. The highest BCUT2D eigenvalue weighted by Gasteiger charge is 2.39. The number of Topliss-reactive ketones (excluding diaryl/α,β-unsaturated/α-hetero) is 1. The van der Waals surface area contributed by atoms with Crippen LogP contribution in [0.3, 0.4) is 0 Å². The second-order valence-corrected chi connectivity index (χ2v) is 5.50. The number of carbonyl (C=O) groups excluding carboxylic acids is 1. The minimum Gasteiger partial charge on any atom is -0.299 e. The van der Waals surface area contributed by atoms with E-state index >= 15 is 0 Å². The van der Waals surface area contributed by atoms with Crippen molar-refractivity contribution in [2.45, 2.75) is 32.7 Å². The van der Waals surface area contributed by atoms with E-state index in [0.29, 0.717) is 12.2 Å². The van der Waals surface area contributed by atoms with Gasteiger partial charge in [-0.15, -0.1) is 6.58 Å². The van der Waals surface area contributed by atoms with E-state index in [0.717, 1.165) is 32.5 Å². The van der Waals surface area contributed by atoms with E-state index in [1.54, 1.807) is 0 Å². The monoisotopic (exact) mass is 257 g/mol. The number of hydrogen-bond donors (Lipinski definition) is 0. The number of piperidine rings is 1. The van der Waals surface area contributed by atoms with Gasteiger partial charge in [0.15, 0.2) is 0 Å². The van der Waals surface area contributed by atoms with E-state index in [2.05, 4.69) is 42.7 Å². The van der Waals surface area contributed by atoms with Crippen molar-refractivity contribution >= 4 is 5.78 Å². The number of ketones is 1. The van der Waals surface area contributed by atoms with Crippen molar-refractivity contribution < 1.29 is 4.79 Å². The minimum absolute atomic E-state index is 0.200. The highest BCUT2D eigenvalue weighted by atomic mass is 16.1. The van der Waals surface area contributed by atoms with Crippen LogP contribution < -0.4 is 0 Å². The first kappa shape index (κ1) is 14.0. The summed E-state index contributed by atoms with van der Waals surface area (Å²) in [6.07, 6.45) is 4.28. The first-order valence-electron chi connectivity index (χ1n) is 7.10. The Morgan fingerprint density at radius 3 is 2.74 bits per heavy atom. The summed E-state index contributed by atoms with van der Waals surface area (Å²) in [7, 11) is 0. The van der Waals surface area contributed by atoms with Gasteiger partial charge in [-0.1, -0.05) is 43.3 Å². The van der Waals surface area contributed by atoms with E-state index in [1.807, 2.05) is 12.1 Å². The van der Waals surface area contributed by atoms with Crippen molar-refractivity contribution in [1.82, 2.24) is 4.90 Å². The van der Waals surface area contributed by atoms with Crippen molar-refractivity contribution in [3.63, 3.8) is 0 Å². The van der Waals surface area contributed by atoms with Crippen LogP contribution >= 0.6 is 0 Å².